The number of aliphatic hydroxyl groups excluding tert-OH is 1. The van der Waals surface area contributed by atoms with E-state index in [1.54, 1.807) is 24.3 Å². The van der Waals surface area contributed by atoms with Crippen molar-refractivity contribution < 1.29 is 48.1 Å². The van der Waals surface area contributed by atoms with Gasteiger partial charge in [-0.25, -0.2) is 4.79 Å². The molecule has 16 nitrogen and oxygen atoms in total. The molecule has 0 fully saturated rings. The van der Waals surface area contributed by atoms with Gasteiger partial charge in [0.1, 0.15) is 18.7 Å². The van der Waals surface area contributed by atoms with E-state index in [1.165, 1.54) is 0 Å². The van der Waals surface area contributed by atoms with Crippen LogP contribution in [0.25, 0.3) is 0 Å². The van der Waals surface area contributed by atoms with Gasteiger partial charge in [0.25, 0.3) is 11.8 Å². The number of nitrogens with one attached hydrogen (secondary N) is 4. The van der Waals surface area contributed by atoms with Gasteiger partial charge < -0.3 is 46.3 Å². The van der Waals surface area contributed by atoms with E-state index in [-0.39, 0.29) is 51.2 Å². The summed E-state index contributed by atoms with van der Waals surface area (Å²) >= 11 is 0. The van der Waals surface area contributed by atoms with Crippen LogP contribution in [0.4, 0.5) is 10.5 Å². The predicted octanol–water partition coefficient (Wildman–Crippen LogP) is -0.444. The predicted molar refractivity (Wildman–Crippen MR) is 169 cm³/mol. The number of carbonyl (C=O) groups excluding carboxylic acids is 6. The normalized spacial score (nSPS) is 13.8. The first-order valence-corrected chi connectivity index (χ1v) is 15.4. The van der Waals surface area contributed by atoms with Crippen LogP contribution in [0.1, 0.15) is 38.7 Å². The lowest BCUT2D eigenvalue weighted by atomic mass is 10.1. The Balaban J connectivity index is 1.61. The number of nitrogens with two attached hydrogens (primary N) is 1. The van der Waals surface area contributed by atoms with E-state index >= 15 is 0 Å². The zero-order chi connectivity index (χ0) is 34.6. The SMILES string of the molecule is CC(C)[C@@H](COCCOCCCNCC(=O)N[C@@H](CCCNC(N)=O)C(=O)Nc1ccc(CO)cc1)OC(=O)CN1C(=O)C=CC1=O. The van der Waals surface area contributed by atoms with Crippen LogP contribution < -0.4 is 27.0 Å². The average molecular weight is 663 g/mol. The fourth-order valence-corrected chi connectivity index (χ4v) is 4.16. The van der Waals surface area contributed by atoms with Gasteiger partial charge in [-0.15, -0.1) is 0 Å². The number of hydrogen-bond acceptors (Lipinski definition) is 11. The number of benzene rings is 1. The summed E-state index contributed by atoms with van der Waals surface area (Å²) in [6.45, 7) is 4.92. The monoisotopic (exact) mass is 662 g/mol. The van der Waals surface area contributed by atoms with Crippen molar-refractivity contribution in [2.24, 2.45) is 11.7 Å². The second kappa shape index (κ2) is 21.4. The summed E-state index contributed by atoms with van der Waals surface area (Å²) in [4.78, 5) is 72.6. The van der Waals surface area contributed by atoms with Crippen molar-refractivity contribution in [1.82, 2.24) is 20.9 Å². The molecule has 1 aliphatic rings. The molecule has 0 aliphatic carbocycles. The Bertz CT molecular complexity index is 1210. The van der Waals surface area contributed by atoms with Crippen LogP contribution in [-0.2, 0) is 44.8 Å². The highest BCUT2D eigenvalue weighted by Gasteiger charge is 2.28. The van der Waals surface area contributed by atoms with Crippen molar-refractivity contribution in [2.45, 2.75) is 51.9 Å². The summed E-state index contributed by atoms with van der Waals surface area (Å²) in [5, 5.41) is 20.1. The molecule has 1 aliphatic heterocycles. The minimum atomic E-state index is -0.852. The van der Waals surface area contributed by atoms with Crippen LogP contribution in [0.5, 0.6) is 0 Å². The van der Waals surface area contributed by atoms with Crippen molar-refractivity contribution in [3.63, 3.8) is 0 Å². The van der Waals surface area contributed by atoms with Gasteiger partial charge in [-0.2, -0.15) is 0 Å². The van der Waals surface area contributed by atoms with Crippen molar-refractivity contribution in [2.75, 3.05) is 57.9 Å². The maximum atomic E-state index is 12.9. The van der Waals surface area contributed by atoms with Gasteiger partial charge in [0, 0.05) is 31.0 Å². The molecule has 2 rings (SSSR count). The first-order chi connectivity index (χ1) is 22.5. The number of hydrogen-bond donors (Lipinski definition) is 6. The quantitative estimate of drug-likeness (QED) is 0.0500. The average Bonchev–Trinajstić information content (AvgIpc) is 3.34. The van der Waals surface area contributed by atoms with Gasteiger partial charge in [0.2, 0.25) is 11.8 Å². The zero-order valence-corrected chi connectivity index (χ0v) is 26.8. The Labute approximate surface area is 273 Å². The number of urea groups is 1. The van der Waals surface area contributed by atoms with Gasteiger partial charge >= 0.3 is 12.0 Å². The van der Waals surface area contributed by atoms with Gasteiger partial charge in [-0.05, 0) is 49.4 Å². The number of primary amides is 1. The number of ether oxygens (including phenoxy) is 3. The van der Waals surface area contributed by atoms with Crippen molar-refractivity contribution >= 4 is 41.3 Å². The third-order valence-electron chi connectivity index (χ3n) is 6.82. The Morgan fingerprint density at radius 2 is 1.62 bits per heavy atom. The summed E-state index contributed by atoms with van der Waals surface area (Å²) in [5.74, 6) is -2.67. The number of esters is 1. The van der Waals surface area contributed by atoms with Gasteiger partial charge in [0.15, 0.2) is 0 Å². The highest BCUT2D eigenvalue weighted by Crippen LogP contribution is 2.12. The molecule has 2 atom stereocenters. The summed E-state index contributed by atoms with van der Waals surface area (Å²) in [6.07, 6.45) is 2.92. The third-order valence-corrected chi connectivity index (χ3v) is 6.82. The number of imide groups is 1. The molecular formula is C31H46N6O10. The Hall–Kier alpha value is -4.38. The first kappa shape index (κ1) is 38.8. The van der Waals surface area contributed by atoms with Crippen LogP contribution in [0.15, 0.2) is 36.4 Å². The largest absolute Gasteiger partial charge is 0.458 e. The minimum Gasteiger partial charge on any atom is -0.458 e. The summed E-state index contributed by atoms with van der Waals surface area (Å²) in [6, 6.07) is 5.12. The van der Waals surface area contributed by atoms with Crippen LogP contribution in [-0.4, -0.2) is 110 Å². The second-order valence-electron chi connectivity index (χ2n) is 11.0. The molecule has 16 heteroatoms. The van der Waals surface area contributed by atoms with Gasteiger partial charge in [0.05, 0.1) is 33.0 Å². The van der Waals surface area contributed by atoms with Crippen molar-refractivity contribution in [1.29, 1.82) is 0 Å². The molecule has 0 aromatic heterocycles. The molecule has 0 unspecified atom stereocenters. The van der Waals surface area contributed by atoms with Crippen molar-refractivity contribution in [3.05, 3.63) is 42.0 Å². The van der Waals surface area contributed by atoms with Crippen LogP contribution >= 0.6 is 0 Å². The maximum absolute atomic E-state index is 12.9. The fourth-order valence-electron chi connectivity index (χ4n) is 4.16. The third kappa shape index (κ3) is 15.6. The lowest BCUT2D eigenvalue weighted by Gasteiger charge is -2.22. The summed E-state index contributed by atoms with van der Waals surface area (Å²) in [5.41, 5.74) is 6.29. The minimum absolute atomic E-state index is 0.0243. The zero-order valence-electron chi connectivity index (χ0n) is 26.8. The topological polar surface area (TPSA) is 228 Å². The molecule has 1 aromatic rings. The van der Waals surface area contributed by atoms with E-state index in [9.17, 15) is 33.9 Å². The Morgan fingerprint density at radius 3 is 2.26 bits per heavy atom. The van der Waals surface area contributed by atoms with E-state index < -0.39 is 48.4 Å². The molecular weight excluding hydrogens is 616 g/mol. The van der Waals surface area contributed by atoms with E-state index in [0.29, 0.717) is 43.9 Å². The number of rotatable bonds is 23. The number of carbonyl (C=O) groups is 6. The van der Waals surface area contributed by atoms with E-state index in [4.69, 9.17) is 19.9 Å². The molecule has 1 heterocycles. The first-order valence-electron chi connectivity index (χ1n) is 15.4. The second-order valence-corrected chi connectivity index (χ2v) is 11.0. The summed E-state index contributed by atoms with van der Waals surface area (Å²) < 4.78 is 16.5. The number of amides is 6. The molecule has 0 radical (unpaired) electrons. The molecule has 0 saturated carbocycles. The molecule has 1 aromatic carbocycles. The lowest BCUT2D eigenvalue weighted by Crippen LogP contribution is -2.47. The molecule has 0 bridgehead atoms. The summed E-state index contributed by atoms with van der Waals surface area (Å²) in [7, 11) is 0. The van der Waals surface area contributed by atoms with Gasteiger partial charge in [-0.3, -0.25) is 28.9 Å². The van der Waals surface area contributed by atoms with Crippen LogP contribution in [0.3, 0.4) is 0 Å². The number of anilines is 1. The molecule has 0 spiro atoms. The van der Waals surface area contributed by atoms with E-state index in [0.717, 1.165) is 17.1 Å². The van der Waals surface area contributed by atoms with Gasteiger partial charge in [-0.1, -0.05) is 26.0 Å². The molecule has 6 amide bonds. The molecule has 47 heavy (non-hydrogen) atoms. The standard InChI is InChI=1S/C31H46N6O10/c1-21(2)25(47-29(42)18-37-27(40)10-11-28(37)41)20-46-16-15-45-14-4-12-33-17-26(39)36-24(5-3-13-34-31(32)44)30(43)35-23-8-6-22(19-38)7-9-23/h6-11,21,24-25,33,38H,3-5,12-20H2,1-2H3,(H,35,43)(H,36,39)(H3,32,34,44)/t24-,25+/m0/s1. The van der Waals surface area contributed by atoms with Crippen LogP contribution in [0, 0.1) is 5.92 Å². The maximum Gasteiger partial charge on any atom is 0.326 e. The molecule has 7 N–H and O–H groups in total. The van der Waals surface area contributed by atoms with Crippen LogP contribution in [0.2, 0.25) is 0 Å². The number of aliphatic hydroxyl groups is 1. The van der Waals surface area contributed by atoms with E-state index in [2.05, 4.69) is 21.3 Å². The highest BCUT2D eigenvalue weighted by molar-refractivity contribution is 6.14. The van der Waals surface area contributed by atoms with Crippen molar-refractivity contribution in [3.8, 4) is 0 Å². The fraction of sp³-hybridized carbons (Fsp3) is 0.548. The highest BCUT2D eigenvalue weighted by atomic mass is 16.6. The Kier molecular flexibility index (Phi) is 17.7. The van der Waals surface area contributed by atoms with E-state index in [1.807, 2.05) is 13.8 Å². The lowest BCUT2D eigenvalue weighted by molar-refractivity contribution is -0.160. The number of nitrogens with zero attached hydrogens (tertiary/aromatic N) is 1. The molecule has 260 valence electrons. The smallest absolute Gasteiger partial charge is 0.326 e. The molecule has 0 saturated heterocycles. The Morgan fingerprint density at radius 1 is 0.936 bits per heavy atom.